The van der Waals surface area contributed by atoms with Crippen LogP contribution >= 0.6 is 15.9 Å². The Balaban J connectivity index is 1.89. The molecule has 0 saturated carbocycles. The summed E-state index contributed by atoms with van der Waals surface area (Å²) < 4.78 is 13.7. The van der Waals surface area contributed by atoms with Crippen molar-refractivity contribution in [3.63, 3.8) is 0 Å². The summed E-state index contributed by atoms with van der Waals surface area (Å²) in [6.07, 6.45) is 5.56. The number of anilines is 1. The summed E-state index contributed by atoms with van der Waals surface area (Å²) in [5, 5.41) is 7.01. The van der Waals surface area contributed by atoms with Gasteiger partial charge in [-0.15, -0.1) is 0 Å². The van der Waals surface area contributed by atoms with Gasteiger partial charge in [-0.05, 0) is 42.3 Å². The number of carbonyl (C=O) groups excluding carboxylic acids is 1. The van der Waals surface area contributed by atoms with E-state index < -0.39 is 0 Å². The molecule has 0 aliphatic heterocycles. The minimum atomic E-state index is -0.255. The number of carbonyl (C=O) groups is 1. The minimum Gasteiger partial charge on any atom is -0.488 e. The molecule has 1 heterocycles. The molecule has 6 nitrogen and oxygen atoms in total. The second-order valence-corrected chi connectivity index (χ2v) is 7.71. The van der Waals surface area contributed by atoms with E-state index in [-0.39, 0.29) is 12.0 Å². The van der Waals surface area contributed by atoms with Crippen LogP contribution in [0.2, 0.25) is 0 Å². The quantitative estimate of drug-likeness (QED) is 0.470. The molecule has 0 aliphatic carbocycles. The zero-order valence-corrected chi connectivity index (χ0v) is 18.7. The van der Waals surface area contributed by atoms with Crippen molar-refractivity contribution in [3.8, 4) is 5.75 Å². The molecule has 2 aromatic carbocycles. The van der Waals surface area contributed by atoms with Crippen molar-refractivity contribution in [1.82, 2.24) is 9.78 Å². The molecule has 0 bridgehead atoms. The van der Waals surface area contributed by atoms with Gasteiger partial charge in [0.2, 0.25) is 0 Å². The Morgan fingerprint density at radius 1 is 1.23 bits per heavy atom. The molecule has 0 radical (unpaired) electrons. The van der Waals surface area contributed by atoms with Crippen LogP contribution in [0, 0.1) is 0 Å². The summed E-state index contributed by atoms with van der Waals surface area (Å²) in [7, 11) is 3.42. The first-order chi connectivity index (χ1) is 14.4. The number of ether oxygens (including phenoxy) is 2. The van der Waals surface area contributed by atoms with E-state index in [2.05, 4.69) is 26.3 Å². The van der Waals surface area contributed by atoms with Gasteiger partial charge in [0.25, 0.3) is 5.91 Å². The van der Waals surface area contributed by atoms with Crippen LogP contribution < -0.4 is 10.1 Å². The lowest BCUT2D eigenvalue weighted by atomic mass is 10.1. The number of nitrogens with one attached hydrogen (secondary N) is 1. The lowest BCUT2D eigenvalue weighted by Crippen LogP contribution is -2.19. The SMILES string of the molecule is COC[C@H](C)Oc1cc(C=Cc2ccccc2Br)cc(C(=O)Nc2ccn(C)n2)c1. The molecule has 7 heteroatoms. The number of hydrogen-bond donors (Lipinski definition) is 1. The van der Waals surface area contributed by atoms with E-state index in [4.69, 9.17) is 9.47 Å². The highest BCUT2D eigenvalue weighted by atomic mass is 79.9. The van der Waals surface area contributed by atoms with Gasteiger partial charge in [-0.2, -0.15) is 5.10 Å². The summed E-state index contributed by atoms with van der Waals surface area (Å²) in [5.74, 6) is 0.834. The number of amides is 1. The van der Waals surface area contributed by atoms with E-state index in [1.807, 2.05) is 55.5 Å². The standard InChI is InChI=1S/C23H24BrN3O3/c1-16(15-29-3)30-20-13-17(8-9-18-6-4-5-7-21(18)24)12-19(14-20)23(28)25-22-10-11-27(2)26-22/h4-14,16H,15H2,1-3H3,(H,25,26,28)/t16-/m0/s1. The number of methoxy groups -OCH3 is 1. The van der Waals surface area contributed by atoms with Gasteiger partial charge in [0.1, 0.15) is 11.9 Å². The Bertz CT molecular complexity index is 1050. The molecule has 3 rings (SSSR count). The van der Waals surface area contributed by atoms with Crippen molar-refractivity contribution < 1.29 is 14.3 Å². The molecule has 156 valence electrons. The van der Waals surface area contributed by atoms with Crippen molar-refractivity contribution in [1.29, 1.82) is 0 Å². The largest absolute Gasteiger partial charge is 0.488 e. The number of aryl methyl sites for hydroxylation is 1. The molecule has 3 aromatic rings. The number of hydrogen-bond acceptors (Lipinski definition) is 4. The maximum atomic E-state index is 12.8. The fourth-order valence-corrected chi connectivity index (χ4v) is 3.30. The highest BCUT2D eigenvalue weighted by Gasteiger charge is 2.12. The van der Waals surface area contributed by atoms with Crippen molar-refractivity contribution in [2.24, 2.45) is 7.05 Å². The van der Waals surface area contributed by atoms with Crippen LogP contribution in [0.3, 0.4) is 0 Å². The first-order valence-corrected chi connectivity index (χ1v) is 10.3. The van der Waals surface area contributed by atoms with Gasteiger partial charge in [-0.3, -0.25) is 9.48 Å². The van der Waals surface area contributed by atoms with Gasteiger partial charge in [0, 0.05) is 36.5 Å². The highest BCUT2D eigenvalue weighted by molar-refractivity contribution is 9.10. The van der Waals surface area contributed by atoms with Crippen LogP contribution in [-0.2, 0) is 11.8 Å². The average Bonchev–Trinajstić information content (AvgIpc) is 3.12. The molecule has 0 unspecified atom stereocenters. The van der Waals surface area contributed by atoms with E-state index in [0.717, 1.165) is 15.6 Å². The smallest absolute Gasteiger partial charge is 0.257 e. The second kappa shape index (κ2) is 10.2. The highest BCUT2D eigenvalue weighted by Crippen LogP contribution is 2.23. The maximum absolute atomic E-state index is 12.8. The number of benzene rings is 2. The molecule has 1 aromatic heterocycles. The lowest BCUT2D eigenvalue weighted by Gasteiger charge is -2.15. The van der Waals surface area contributed by atoms with Crippen LogP contribution in [0.5, 0.6) is 5.75 Å². The number of halogens is 1. The summed E-state index contributed by atoms with van der Waals surface area (Å²) >= 11 is 3.55. The van der Waals surface area contributed by atoms with E-state index in [9.17, 15) is 4.79 Å². The van der Waals surface area contributed by atoms with Crippen molar-refractivity contribution >= 4 is 39.8 Å². The Morgan fingerprint density at radius 2 is 2.03 bits per heavy atom. The third kappa shape index (κ3) is 6.05. The predicted octanol–water partition coefficient (Wildman–Crippen LogP) is 5.02. The van der Waals surface area contributed by atoms with E-state index in [1.165, 1.54) is 0 Å². The number of aromatic nitrogens is 2. The number of nitrogens with zero attached hydrogens (tertiary/aromatic N) is 2. The van der Waals surface area contributed by atoms with Crippen LogP contribution in [-0.4, -0.2) is 35.5 Å². The first-order valence-electron chi connectivity index (χ1n) is 9.49. The van der Waals surface area contributed by atoms with Gasteiger partial charge in [0.05, 0.1) is 6.61 Å². The van der Waals surface area contributed by atoms with Gasteiger partial charge < -0.3 is 14.8 Å². The molecule has 0 aliphatic rings. The third-order valence-electron chi connectivity index (χ3n) is 4.25. The van der Waals surface area contributed by atoms with E-state index >= 15 is 0 Å². The van der Waals surface area contributed by atoms with Crippen LogP contribution in [0.25, 0.3) is 12.2 Å². The molecule has 0 spiro atoms. The molecule has 1 amide bonds. The fourth-order valence-electron chi connectivity index (χ4n) is 2.88. The Hall–Kier alpha value is -2.90. The lowest BCUT2D eigenvalue weighted by molar-refractivity contribution is 0.0917. The summed E-state index contributed by atoms with van der Waals surface area (Å²) in [6, 6.07) is 15.1. The molecule has 1 N–H and O–H groups in total. The minimum absolute atomic E-state index is 0.149. The zero-order chi connectivity index (χ0) is 21.5. The third-order valence-corrected chi connectivity index (χ3v) is 4.97. The predicted molar refractivity (Wildman–Crippen MR) is 123 cm³/mol. The molecular weight excluding hydrogens is 446 g/mol. The van der Waals surface area contributed by atoms with Gasteiger partial charge >= 0.3 is 0 Å². The molecule has 1 atom stereocenters. The van der Waals surface area contributed by atoms with Crippen LogP contribution in [0.15, 0.2) is 59.2 Å². The van der Waals surface area contributed by atoms with Crippen molar-refractivity contribution in [2.45, 2.75) is 13.0 Å². The summed E-state index contributed by atoms with van der Waals surface area (Å²) in [5.41, 5.74) is 2.37. The Labute approximate surface area is 184 Å². The first kappa shape index (κ1) is 21.8. The Kier molecular flexibility index (Phi) is 7.43. The van der Waals surface area contributed by atoms with Crippen LogP contribution in [0.1, 0.15) is 28.4 Å². The molecular formula is C23H24BrN3O3. The van der Waals surface area contributed by atoms with Crippen molar-refractivity contribution in [3.05, 3.63) is 75.9 Å². The monoisotopic (exact) mass is 469 g/mol. The maximum Gasteiger partial charge on any atom is 0.257 e. The number of rotatable bonds is 8. The topological polar surface area (TPSA) is 65.4 Å². The molecule has 0 saturated heterocycles. The van der Waals surface area contributed by atoms with Crippen molar-refractivity contribution in [2.75, 3.05) is 19.0 Å². The van der Waals surface area contributed by atoms with E-state index in [0.29, 0.717) is 23.7 Å². The average molecular weight is 470 g/mol. The van der Waals surface area contributed by atoms with Crippen LogP contribution in [0.4, 0.5) is 5.82 Å². The van der Waals surface area contributed by atoms with Gasteiger partial charge in [-0.25, -0.2) is 0 Å². The summed E-state index contributed by atoms with van der Waals surface area (Å²) in [6.45, 7) is 2.37. The van der Waals surface area contributed by atoms with Gasteiger partial charge in [-0.1, -0.05) is 46.3 Å². The fraction of sp³-hybridized carbons (Fsp3) is 0.217. The zero-order valence-electron chi connectivity index (χ0n) is 17.1. The van der Waals surface area contributed by atoms with Gasteiger partial charge in [0.15, 0.2) is 5.82 Å². The summed E-state index contributed by atoms with van der Waals surface area (Å²) in [4.78, 5) is 12.8. The molecule has 0 fully saturated rings. The molecule has 30 heavy (non-hydrogen) atoms. The second-order valence-electron chi connectivity index (χ2n) is 6.86. The normalized spacial score (nSPS) is 12.1. The van der Waals surface area contributed by atoms with E-state index in [1.54, 1.807) is 37.2 Å². The Morgan fingerprint density at radius 3 is 2.73 bits per heavy atom.